The molecule has 0 aromatic heterocycles. The fourth-order valence-electron chi connectivity index (χ4n) is 2.50. The quantitative estimate of drug-likeness (QED) is 0.844. The molecule has 0 spiro atoms. The summed E-state index contributed by atoms with van der Waals surface area (Å²) in [5.74, 6) is 0.878. The number of methoxy groups -OCH3 is 1. The van der Waals surface area contributed by atoms with Gasteiger partial charge in [-0.25, -0.2) is 0 Å². The number of nitrogens with zero attached hydrogens (tertiary/aromatic N) is 1. The van der Waals surface area contributed by atoms with E-state index in [4.69, 9.17) is 4.74 Å². The van der Waals surface area contributed by atoms with Gasteiger partial charge < -0.3 is 15.0 Å². The second kappa shape index (κ2) is 6.95. The highest BCUT2D eigenvalue weighted by Gasteiger charge is 2.21. The first kappa shape index (κ1) is 15.1. The smallest absolute Gasteiger partial charge is 0.135 e. The number of piperazine rings is 1. The van der Waals surface area contributed by atoms with Crippen molar-refractivity contribution in [1.82, 2.24) is 5.32 Å². The summed E-state index contributed by atoms with van der Waals surface area (Å²) in [7, 11) is 1.70. The maximum absolute atomic E-state index is 5.40. The van der Waals surface area contributed by atoms with E-state index >= 15 is 0 Å². The lowest BCUT2D eigenvalue weighted by Crippen LogP contribution is -2.50. The molecule has 2 rings (SSSR count). The summed E-state index contributed by atoms with van der Waals surface area (Å²) >= 11 is 7.17. The predicted molar refractivity (Wildman–Crippen MR) is 87.3 cm³/mol. The summed E-state index contributed by atoms with van der Waals surface area (Å²) in [5, 5.41) is 3.58. The van der Waals surface area contributed by atoms with Crippen LogP contribution in [0.3, 0.4) is 0 Å². The van der Waals surface area contributed by atoms with E-state index in [2.05, 4.69) is 61.1 Å². The Morgan fingerprint density at radius 1 is 1.37 bits per heavy atom. The number of anilines is 1. The maximum Gasteiger partial charge on any atom is 0.135 e. The van der Waals surface area contributed by atoms with Gasteiger partial charge in [-0.05, 0) is 44.3 Å². The van der Waals surface area contributed by atoms with Crippen LogP contribution in [0.25, 0.3) is 0 Å². The van der Waals surface area contributed by atoms with E-state index in [-0.39, 0.29) is 0 Å². The van der Waals surface area contributed by atoms with Gasteiger partial charge in [-0.1, -0.05) is 13.3 Å². The van der Waals surface area contributed by atoms with Gasteiger partial charge in [-0.15, -0.1) is 0 Å². The highest BCUT2D eigenvalue weighted by Crippen LogP contribution is 2.37. The van der Waals surface area contributed by atoms with Gasteiger partial charge in [0.25, 0.3) is 0 Å². The molecule has 1 atom stereocenters. The van der Waals surface area contributed by atoms with Crippen molar-refractivity contribution in [3.05, 3.63) is 21.1 Å². The first-order chi connectivity index (χ1) is 9.15. The predicted octanol–water partition coefficient (Wildman–Crippen LogP) is 3.80. The zero-order valence-corrected chi connectivity index (χ0v) is 14.6. The molecule has 19 heavy (non-hydrogen) atoms. The van der Waals surface area contributed by atoms with Crippen molar-refractivity contribution < 1.29 is 4.74 Å². The van der Waals surface area contributed by atoms with Crippen LogP contribution in [-0.4, -0.2) is 32.8 Å². The highest BCUT2D eigenvalue weighted by atomic mass is 79.9. The SMILES string of the molecule is CCCC1CN(c2cc(OC)c(Br)cc2Br)CCN1. The normalized spacial score (nSPS) is 19.6. The number of nitrogens with one attached hydrogen (secondary N) is 1. The summed E-state index contributed by atoms with van der Waals surface area (Å²) in [6, 6.07) is 4.74. The van der Waals surface area contributed by atoms with E-state index in [1.807, 2.05) is 0 Å². The van der Waals surface area contributed by atoms with Crippen LogP contribution in [0, 0.1) is 0 Å². The summed E-state index contributed by atoms with van der Waals surface area (Å²) in [4.78, 5) is 2.43. The minimum Gasteiger partial charge on any atom is -0.495 e. The van der Waals surface area contributed by atoms with Crippen molar-refractivity contribution in [2.24, 2.45) is 0 Å². The van der Waals surface area contributed by atoms with Crippen molar-refractivity contribution in [2.75, 3.05) is 31.6 Å². The minimum atomic E-state index is 0.584. The Morgan fingerprint density at radius 3 is 2.84 bits per heavy atom. The van der Waals surface area contributed by atoms with Crippen LogP contribution in [-0.2, 0) is 0 Å². The van der Waals surface area contributed by atoms with Crippen LogP contribution in [0.1, 0.15) is 19.8 Å². The van der Waals surface area contributed by atoms with E-state index < -0.39 is 0 Å². The third kappa shape index (κ3) is 3.64. The molecular formula is C14H20Br2N2O. The first-order valence-electron chi connectivity index (χ1n) is 6.67. The fourth-order valence-corrected chi connectivity index (χ4v) is 3.91. The Kier molecular flexibility index (Phi) is 5.54. The third-order valence-corrected chi connectivity index (χ3v) is 4.71. The second-order valence-corrected chi connectivity index (χ2v) is 6.53. The Hall–Kier alpha value is -0.260. The number of halogens is 2. The molecule has 0 amide bonds. The second-order valence-electron chi connectivity index (χ2n) is 4.82. The van der Waals surface area contributed by atoms with Crippen molar-refractivity contribution >= 4 is 37.5 Å². The van der Waals surface area contributed by atoms with E-state index in [1.54, 1.807) is 7.11 Å². The molecule has 1 aromatic carbocycles. The molecule has 0 bridgehead atoms. The number of hydrogen-bond donors (Lipinski definition) is 1. The van der Waals surface area contributed by atoms with E-state index in [0.29, 0.717) is 6.04 Å². The summed E-state index contributed by atoms with van der Waals surface area (Å²) in [6.45, 7) is 5.36. The van der Waals surface area contributed by atoms with Gasteiger partial charge in [0, 0.05) is 36.2 Å². The topological polar surface area (TPSA) is 24.5 Å². The number of benzene rings is 1. The molecule has 1 unspecified atom stereocenters. The van der Waals surface area contributed by atoms with Crippen LogP contribution >= 0.6 is 31.9 Å². The van der Waals surface area contributed by atoms with Crippen LogP contribution in [0.15, 0.2) is 21.1 Å². The van der Waals surface area contributed by atoms with Crippen molar-refractivity contribution in [1.29, 1.82) is 0 Å². The highest BCUT2D eigenvalue weighted by molar-refractivity contribution is 9.11. The van der Waals surface area contributed by atoms with Gasteiger partial charge in [0.2, 0.25) is 0 Å². The van der Waals surface area contributed by atoms with Crippen LogP contribution in [0.5, 0.6) is 5.75 Å². The van der Waals surface area contributed by atoms with Crippen LogP contribution in [0.2, 0.25) is 0 Å². The molecule has 1 fully saturated rings. The molecule has 1 aromatic rings. The molecule has 1 N–H and O–H groups in total. The van der Waals surface area contributed by atoms with E-state index in [0.717, 1.165) is 34.3 Å². The molecule has 106 valence electrons. The lowest BCUT2D eigenvalue weighted by atomic mass is 10.1. The minimum absolute atomic E-state index is 0.584. The summed E-state index contributed by atoms with van der Waals surface area (Å²) < 4.78 is 7.48. The molecule has 5 heteroatoms. The number of hydrogen-bond acceptors (Lipinski definition) is 3. The molecule has 0 radical (unpaired) electrons. The Balaban J connectivity index is 2.20. The fraction of sp³-hybridized carbons (Fsp3) is 0.571. The Bertz CT molecular complexity index is 438. The van der Waals surface area contributed by atoms with Crippen LogP contribution in [0.4, 0.5) is 5.69 Å². The third-order valence-electron chi connectivity index (χ3n) is 3.45. The molecular weight excluding hydrogens is 372 g/mol. The average molecular weight is 392 g/mol. The molecule has 1 aliphatic rings. The Morgan fingerprint density at radius 2 is 2.16 bits per heavy atom. The lowest BCUT2D eigenvalue weighted by Gasteiger charge is -2.36. The summed E-state index contributed by atoms with van der Waals surface area (Å²) in [5.41, 5.74) is 1.21. The maximum atomic E-state index is 5.40. The van der Waals surface area contributed by atoms with Gasteiger partial charge >= 0.3 is 0 Å². The zero-order valence-electron chi connectivity index (χ0n) is 11.4. The average Bonchev–Trinajstić information content (AvgIpc) is 2.39. The molecule has 3 nitrogen and oxygen atoms in total. The van der Waals surface area contributed by atoms with Crippen molar-refractivity contribution in [2.45, 2.75) is 25.8 Å². The standard InChI is InChI=1S/C14H20Br2N2O/c1-3-4-10-9-18(6-5-17-10)13-8-14(19-2)12(16)7-11(13)15/h7-8,10,17H,3-6,9H2,1-2H3. The molecule has 1 aliphatic heterocycles. The van der Waals surface area contributed by atoms with E-state index in [1.165, 1.54) is 18.5 Å². The molecule has 0 aliphatic carbocycles. The van der Waals surface area contributed by atoms with Gasteiger partial charge in [-0.2, -0.15) is 0 Å². The summed E-state index contributed by atoms with van der Waals surface area (Å²) in [6.07, 6.45) is 2.44. The lowest BCUT2D eigenvalue weighted by molar-refractivity contribution is 0.410. The largest absolute Gasteiger partial charge is 0.495 e. The molecule has 0 saturated carbocycles. The Labute approximate surface area is 132 Å². The molecule has 1 heterocycles. The zero-order chi connectivity index (χ0) is 13.8. The van der Waals surface area contributed by atoms with Crippen molar-refractivity contribution in [3.63, 3.8) is 0 Å². The number of rotatable bonds is 4. The van der Waals surface area contributed by atoms with Crippen molar-refractivity contribution in [3.8, 4) is 5.75 Å². The number of ether oxygens (including phenoxy) is 1. The molecule has 1 saturated heterocycles. The van der Waals surface area contributed by atoms with Gasteiger partial charge in [-0.3, -0.25) is 0 Å². The van der Waals surface area contributed by atoms with Gasteiger partial charge in [0.15, 0.2) is 0 Å². The van der Waals surface area contributed by atoms with Gasteiger partial charge in [0.1, 0.15) is 5.75 Å². The van der Waals surface area contributed by atoms with Gasteiger partial charge in [0.05, 0.1) is 17.3 Å². The monoisotopic (exact) mass is 390 g/mol. The first-order valence-corrected chi connectivity index (χ1v) is 8.25. The van der Waals surface area contributed by atoms with E-state index in [9.17, 15) is 0 Å². The van der Waals surface area contributed by atoms with Crippen LogP contribution < -0.4 is 15.0 Å².